The van der Waals surface area contributed by atoms with E-state index in [9.17, 15) is 29.6 Å². The van der Waals surface area contributed by atoms with E-state index in [1.54, 1.807) is 19.0 Å². The third kappa shape index (κ3) is 23.3. The first-order chi connectivity index (χ1) is 32.6. The summed E-state index contributed by atoms with van der Waals surface area (Å²) in [6, 6.07) is 38.0. The molecular formula is C61H93F5O3SSi. The molecule has 0 saturated carbocycles. The van der Waals surface area contributed by atoms with Gasteiger partial charge in [-0.1, -0.05) is 253 Å². The molecule has 5 aromatic rings. The van der Waals surface area contributed by atoms with Gasteiger partial charge in [0.25, 0.3) is 0 Å². The molecule has 5 aromatic carbocycles. The van der Waals surface area contributed by atoms with Crippen LogP contribution in [0.25, 0.3) is 0 Å². The van der Waals surface area contributed by atoms with Gasteiger partial charge in [0.1, 0.15) is 4.90 Å². The summed E-state index contributed by atoms with van der Waals surface area (Å²) in [6.45, 7) is 39.2. The molecule has 0 spiro atoms. The van der Waals surface area contributed by atoms with Crippen LogP contribution in [0.3, 0.4) is 0 Å². The van der Waals surface area contributed by atoms with Crippen LogP contribution in [0.5, 0.6) is 0 Å². The highest BCUT2D eigenvalue weighted by Gasteiger charge is 2.65. The van der Waals surface area contributed by atoms with E-state index in [0.717, 1.165) is 17.9 Å². The van der Waals surface area contributed by atoms with E-state index in [0.29, 0.717) is 35.8 Å². The van der Waals surface area contributed by atoms with Crippen molar-refractivity contribution >= 4 is 23.5 Å². The highest BCUT2D eigenvalue weighted by molar-refractivity contribution is 8.45. The van der Waals surface area contributed by atoms with E-state index < -0.39 is 29.1 Å². The molecule has 0 aliphatic heterocycles. The quantitative estimate of drug-likeness (QED) is 0.0723. The highest BCUT2D eigenvalue weighted by Crippen LogP contribution is 3.02. The number of aryl methyl sites for hydroxylation is 3. The van der Waals surface area contributed by atoms with E-state index >= 15 is 0 Å². The molecule has 0 saturated heterocycles. The van der Waals surface area contributed by atoms with Crippen LogP contribution in [-0.2, 0) is 0 Å². The Balaban J connectivity index is 0.000000447. The molecule has 5 rings (SSSR count). The molecule has 0 aromatic heterocycles. The van der Waals surface area contributed by atoms with Crippen LogP contribution < -0.4 is 5.19 Å². The second kappa shape index (κ2) is 28.0. The fraction of sp³-hybridized carbons (Fsp3) is 0.508. The Bertz CT molecular complexity index is 2180. The Morgan fingerprint density at radius 2 is 0.662 bits per heavy atom. The fourth-order valence-corrected chi connectivity index (χ4v) is 9.50. The molecule has 10 heteroatoms. The summed E-state index contributed by atoms with van der Waals surface area (Å²) in [5.74, 6) is 3.59. The predicted octanol–water partition coefficient (Wildman–Crippen LogP) is 18.3. The number of hydrogen-bond acceptors (Lipinski definition) is 3. The van der Waals surface area contributed by atoms with Gasteiger partial charge in [0.2, 0.25) is 0 Å². The molecule has 0 aliphatic rings. The van der Waals surface area contributed by atoms with Crippen molar-refractivity contribution in [3.63, 3.8) is 0 Å². The molecular weight excluding hydrogens is 936 g/mol. The van der Waals surface area contributed by atoms with Gasteiger partial charge in [0.15, 0.2) is 0 Å². The lowest BCUT2D eigenvalue weighted by atomic mass is 9.89. The molecule has 0 heterocycles. The first-order valence-electron chi connectivity index (χ1n) is 25.5. The van der Waals surface area contributed by atoms with Gasteiger partial charge in [0.05, 0.1) is 27.9 Å². The molecule has 400 valence electrons. The SMILES string of the molecule is CC(C)C(C)c1ccc([Si](C)(C)C)cc1.CC(C)C(CO)c1cccc(S(F)(F)(F)(F)F)c1.Cc1ccc(C(C)C(C)C)cc1.Cc1ccc(C(CO)C(C)C)cc1.Cc1ccc(C(CO)C(C)C)cc1. The topological polar surface area (TPSA) is 60.7 Å². The summed E-state index contributed by atoms with van der Waals surface area (Å²) in [7, 11) is -10.8. The van der Waals surface area contributed by atoms with Gasteiger partial charge in [0, 0.05) is 17.8 Å². The number of benzene rings is 5. The van der Waals surface area contributed by atoms with Gasteiger partial charge in [-0.2, -0.15) is 0 Å². The van der Waals surface area contributed by atoms with Crippen molar-refractivity contribution < 1.29 is 34.7 Å². The second-order valence-electron chi connectivity index (χ2n) is 22.3. The molecule has 0 aliphatic carbocycles. The molecule has 5 atom stereocenters. The lowest BCUT2D eigenvalue weighted by Crippen LogP contribution is -2.37. The first-order valence-corrected chi connectivity index (χ1v) is 31.0. The zero-order valence-corrected chi connectivity index (χ0v) is 48.4. The zero-order chi connectivity index (χ0) is 54.7. The summed E-state index contributed by atoms with van der Waals surface area (Å²) in [6.07, 6.45) is 0. The van der Waals surface area contributed by atoms with Gasteiger partial charge >= 0.3 is 10.2 Å². The van der Waals surface area contributed by atoms with Crippen LogP contribution in [0, 0.1) is 50.4 Å². The van der Waals surface area contributed by atoms with Gasteiger partial charge in [-0.15, -0.1) is 0 Å². The largest absolute Gasteiger partial charge is 0.396 e. The van der Waals surface area contributed by atoms with Gasteiger partial charge in [-0.25, -0.2) is 0 Å². The lowest BCUT2D eigenvalue weighted by molar-refractivity contribution is 0.237. The summed E-state index contributed by atoms with van der Waals surface area (Å²) in [4.78, 5) is -1.91. The average molecular weight is 1030 g/mol. The van der Waals surface area contributed by atoms with Crippen molar-refractivity contribution in [1.29, 1.82) is 0 Å². The van der Waals surface area contributed by atoms with E-state index in [-0.39, 0.29) is 43.1 Å². The Morgan fingerprint density at radius 3 is 0.915 bits per heavy atom. The third-order valence-corrected chi connectivity index (χ3v) is 16.9. The molecule has 71 heavy (non-hydrogen) atoms. The Labute approximate surface area is 429 Å². The number of rotatable bonds is 15. The van der Waals surface area contributed by atoms with Crippen LogP contribution in [0.1, 0.15) is 157 Å². The van der Waals surface area contributed by atoms with Crippen LogP contribution in [-0.4, -0.2) is 43.2 Å². The molecule has 3 N–H and O–H groups in total. The Hall–Kier alpha value is -3.80. The van der Waals surface area contributed by atoms with Crippen molar-refractivity contribution in [2.45, 2.75) is 158 Å². The van der Waals surface area contributed by atoms with Gasteiger partial charge < -0.3 is 15.3 Å². The van der Waals surface area contributed by atoms with E-state index in [4.69, 9.17) is 5.11 Å². The number of halogens is 5. The van der Waals surface area contributed by atoms with Crippen molar-refractivity contribution in [3.05, 3.63) is 166 Å². The third-order valence-electron chi connectivity index (χ3n) is 13.7. The highest BCUT2D eigenvalue weighted by atomic mass is 32.5. The van der Waals surface area contributed by atoms with Crippen LogP contribution in [0.2, 0.25) is 19.6 Å². The maximum Gasteiger partial charge on any atom is 0.310 e. The summed E-state index contributed by atoms with van der Waals surface area (Å²) in [5.41, 5.74) is 9.36. The van der Waals surface area contributed by atoms with Crippen LogP contribution in [0.4, 0.5) is 19.4 Å². The summed E-state index contributed by atoms with van der Waals surface area (Å²) >= 11 is 0. The van der Waals surface area contributed by atoms with Crippen molar-refractivity contribution in [1.82, 2.24) is 0 Å². The molecule has 0 bridgehead atoms. The van der Waals surface area contributed by atoms with Crippen molar-refractivity contribution in [2.75, 3.05) is 19.8 Å². The fourth-order valence-electron chi connectivity index (χ4n) is 7.64. The van der Waals surface area contributed by atoms with E-state index in [1.165, 1.54) is 45.0 Å². The summed E-state index contributed by atoms with van der Waals surface area (Å²) in [5, 5.41) is 29.1. The number of hydrogen-bond donors (Lipinski definition) is 3. The molecule has 0 amide bonds. The smallest absolute Gasteiger partial charge is 0.310 e. The molecule has 0 radical (unpaired) electrons. The minimum atomic E-state index is -9.65. The molecule has 5 unspecified atom stereocenters. The van der Waals surface area contributed by atoms with E-state index in [1.807, 2.05) is 0 Å². The van der Waals surface area contributed by atoms with Gasteiger partial charge in [-0.05, 0) is 102 Å². The monoisotopic (exact) mass is 1030 g/mol. The summed E-state index contributed by atoms with van der Waals surface area (Å²) < 4.78 is 63.2. The number of aliphatic hydroxyl groups excluding tert-OH is 3. The average Bonchev–Trinajstić information content (AvgIpc) is 3.28. The number of aliphatic hydroxyl groups is 3. The lowest BCUT2D eigenvalue weighted by Gasteiger charge is -2.41. The minimum absolute atomic E-state index is 0.0678. The van der Waals surface area contributed by atoms with Crippen LogP contribution in [0.15, 0.2) is 126 Å². The zero-order valence-electron chi connectivity index (χ0n) is 46.6. The van der Waals surface area contributed by atoms with Crippen molar-refractivity contribution in [3.8, 4) is 0 Å². The molecule has 0 fully saturated rings. The molecule has 3 nitrogen and oxygen atoms in total. The maximum absolute atomic E-state index is 12.6. The normalized spacial score (nSPS) is 14.8. The Kier molecular flexibility index (Phi) is 25.7. The Morgan fingerprint density at radius 1 is 0.380 bits per heavy atom. The van der Waals surface area contributed by atoms with Crippen LogP contribution >= 0.6 is 10.2 Å². The maximum atomic E-state index is 12.6. The second-order valence-corrected chi connectivity index (χ2v) is 29.8. The predicted molar refractivity (Wildman–Crippen MR) is 301 cm³/mol. The van der Waals surface area contributed by atoms with Crippen molar-refractivity contribution in [2.24, 2.45) is 29.6 Å². The van der Waals surface area contributed by atoms with Gasteiger partial charge in [-0.3, -0.25) is 0 Å². The first kappa shape index (κ1) is 65.2. The standard InChI is InChI=1S/C14H24Si.2C12H18O.C12H18.C11H15F5OS/c1-11(2)12(3)13-7-9-14(10-8-13)15(4,5)6;2*1-9(2)12(8-13)11-6-4-10(3)5-7-11;1-9(2)11(4)12-7-5-10(3)6-8-12;1-8(2)11(7-17)9-4-3-5-10(6-9)18(12,13,14,15)16/h7-12H,1-6H3;2*4-7,9,12-13H,8H2,1-3H3;5-9,11H,1-4H3;3-6,8,11,17H,7H2,1-2H3. The van der Waals surface area contributed by atoms with E-state index in [2.05, 4.69) is 207 Å². The minimum Gasteiger partial charge on any atom is -0.396 e.